The minimum atomic E-state index is -0.00868. The fourth-order valence-corrected chi connectivity index (χ4v) is 5.06. The number of rotatable bonds is 4. The molecular weight excluding hydrogens is 396 g/mol. The van der Waals surface area contributed by atoms with Crippen molar-refractivity contribution in [2.75, 3.05) is 36.8 Å². The molecule has 2 aromatic carbocycles. The van der Waals surface area contributed by atoms with E-state index in [1.807, 2.05) is 30.3 Å². The number of carbonyl (C=O) groups is 1. The summed E-state index contributed by atoms with van der Waals surface area (Å²) in [5.41, 5.74) is 12.2. The van der Waals surface area contributed by atoms with Gasteiger partial charge in [0.25, 0.3) is 5.91 Å². The van der Waals surface area contributed by atoms with E-state index in [0.717, 1.165) is 41.8 Å². The Kier molecular flexibility index (Phi) is 5.66. The van der Waals surface area contributed by atoms with Gasteiger partial charge in [0.15, 0.2) is 0 Å². The van der Waals surface area contributed by atoms with E-state index in [9.17, 15) is 4.79 Å². The summed E-state index contributed by atoms with van der Waals surface area (Å²) in [5, 5.41) is 0. The van der Waals surface area contributed by atoms with Gasteiger partial charge in [-0.3, -0.25) is 4.79 Å². The molecule has 5 heteroatoms. The number of fused-ring (bicyclic) bond motifs is 1. The molecule has 0 bridgehead atoms. The van der Waals surface area contributed by atoms with Crippen LogP contribution >= 0.6 is 0 Å². The molecule has 0 spiro atoms. The summed E-state index contributed by atoms with van der Waals surface area (Å²) in [5.74, 6) is 0.981. The zero-order valence-electron chi connectivity index (χ0n) is 18.6. The number of carbonyl (C=O) groups excluding carboxylic acids is 1. The third-order valence-electron chi connectivity index (χ3n) is 6.95. The number of nitrogen functional groups attached to an aromatic ring is 1. The van der Waals surface area contributed by atoms with Crippen molar-refractivity contribution in [1.29, 1.82) is 0 Å². The van der Waals surface area contributed by atoms with Crippen LogP contribution in [0.5, 0.6) is 0 Å². The maximum absolute atomic E-state index is 13.1. The molecule has 0 aliphatic carbocycles. The molecule has 1 amide bonds. The number of nitrogens with two attached hydrogens (primary N) is 1. The van der Waals surface area contributed by atoms with Gasteiger partial charge < -0.3 is 15.5 Å². The molecule has 32 heavy (non-hydrogen) atoms. The Bertz CT molecular complexity index is 1120. The van der Waals surface area contributed by atoms with Gasteiger partial charge in [-0.15, -0.1) is 0 Å². The van der Waals surface area contributed by atoms with E-state index in [4.69, 9.17) is 5.73 Å². The van der Waals surface area contributed by atoms with Gasteiger partial charge in [-0.25, -0.2) is 4.98 Å². The number of hydrogen-bond donors (Lipinski definition) is 1. The van der Waals surface area contributed by atoms with E-state index in [-0.39, 0.29) is 5.91 Å². The molecule has 5 rings (SSSR count). The second-order valence-electron chi connectivity index (χ2n) is 8.85. The maximum Gasteiger partial charge on any atom is 0.258 e. The van der Waals surface area contributed by atoms with Gasteiger partial charge in [-0.1, -0.05) is 49.4 Å². The van der Waals surface area contributed by atoms with Crippen molar-refractivity contribution < 1.29 is 4.79 Å². The molecule has 1 atom stereocenters. The fraction of sp³-hybridized carbons (Fsp3) is 0.333. The first-order valence-electron chi connectivity index (χ1n) is 11.6. The highest BCUT2D eigenvalue weighted by Gasteiger charge is 2.27. The summed E-state index contributed by atoms with van der Waals surface area (Å²) < 4.78 is 0. The van der Waals surface area contributed by atoms with Gasteiger partial charge in [-0.05, 0) is 67.1 Å². The lowest BCUT2D eigenvalue weighted by Crippen LogP contribution is -2.38. The van der Waals surface area contributed by atoms with E-state index < -0.39 is 0 Å². The number of nitrogens with zero attached hydrogens (tertiary/aromatic N) is 3. The van der Waals surface area contributed by atoms with Gasteiger partial charge in [0.05, 0.1) is 5.69 Å². The Morgan fingerprint density at radius 2 is 1.88 bits per heavy atom. The number of aromatic nitrogens is 1. The lowest BCUT2D eigenvalue weighted by atomic mass is 9.89. The monoisotopic (exact) mass is 426 g/mol. The number of anilines is 2. The molecule has 1 aromatic heterocycles. The maximum atomic E-state index is 13.1. The van der Waals surface area contributed by atoms with E-state index in [0.29, 0.717) is 24.0 Å². The third kappa shape index (κ3) is 3.89. The van der Waals surface area contributed by atoms with Crippen LogP contribution in [0.1, 0.15) is 47.2 Å². The van der Waals surface area contributed by atoms with Gasteiger partial charge in [0.1, 0.15) is 5.82 Å². The minimum absolute atomic E-state index is 0.00868. The molecular formula is C27H30N4O. The zero-order valence-corrected chi connectivity index (χ0v) is 18.6. The quantitative estimate of drug-likeness (QED) is 0.655. The predicted molar refractivity (Wildman–Crippen MR) is 130 cm³/mol. The van der Waals surface area contributed by atoms with Crippen LogP contribution in [0.25, 0.3) is 11.1 Å². The Labute approximate surface area is 189 Å². The van der Waals surface area contributed by atoms with Crippen LogP contribution in [0, 0.1) is 0 Å². The number of amides is 1. The highest BCUT2D eigenvalue weighted by molar-refractivity contribution is 6.09. The van der Waals surface area contributed by atoms with E-state index in [2.05, 4.69) is 41.1 Å². The first kappa shape index (κ1) is 20.7. The molecule has 0 radical (unpaired) electrons. The molecule has 2 N–H and O–H groups in total. The number of benzene rings is 2. The molecule has 1 saturated heterocycles. The smallest absolute Gasteiger partial charge is 0.258 e. The highest BCUT2D eigenvalue weighted by atomic mass is 16.2. The molecule has 1 unspecified atom stereocenters. The van der Waals surface area contributed by atoms with Gasteiger partial charge in [-0.2, -0.15) is 0 Å². The molecule has 2 aliphatic rings. The Balaban J connectivity index is 1.40. The second-order valence-corrected chi connectivity index (χ2v) is 8.85. The second kappa shape index (κ2) is 8.75. The number of pyridine rings is 1. The average molecular weight is 427 g/mol. The summed E-state index contributed by atoms with van der Waals surface area (Å²) in [4.78, 5) is 21.9. The molecule has 0 saturated carbocycles. The van der Waals surface area contributed by atoms with Crippen LogP contribution in [0.2, 0.25) is 0 Å². The average Bonchev–Trinajstić information content (AvgIpc) is 2.85. The molecule has 3 heterocycles. The predicted octanol–water partition coefficient (Wildman–Crippen LogP) is 4.73. The Morgan fingerprint density at radius 1 is 1.06 bits per heavy atom. The molecule has 2 aliphatic heterocycles. The Morgan fingerprint density at radius 3 is 2.69 bits per heavy atom. The largest absolute Gasteiger partial charge is 0.382 e. The number of likely N-dealkylation sites (tertiary alicyclic amines) is 1. The van der Waals surface area contributed by atoms with Crippen molar-refractivity contribution >= 4 is 17.4 Å². The molecule has 164 valence electrons. The SMILES string of the molecule is CCN1CCCC(c2ccc(-c3cnc(N)c(N4CCc5ccccc5C4=O)c3)cc2)C1. The van der Waals surface area contributed by atoms with Crippen molar-refractivity contribution in [2.45, 2.75) is 32.1 Å². The van der Waals surface area contributed by atoms with Crippen LogP contribution in [-0.2, 0) is 6.42 Å². The fourth-order valence-electron chi connectivity index (χ4n) is 5.06. The van der Waals surface area contributed by atoms with Crippen LogP contribution in [0.15, 0.2) is 60.8 Å². The first-order chi connectivity index (χ1) is 15.6. The summed E-state index contributed by atoms with van der Waals surface area (Å²) in [7, 11) is 0. The zero-order chi connectivity index (χ0) is 22.1. The van der Waals surface area contributed by atoms with Crippen LogP contribution in [0.4, 0.5) is 11.5 Å². The lowest BCUT2D eigenvalue weighted by Gasteiger charge is -2.32. The number of piperidine rings is 1. The van der Waals surface area contributed by atoms with Crippen LogP contribution in [0.3, 0.4) is 0 Å². The van der Waals surface area contributed by atoms with Crippen LogP contribution in [-0.4, -0.2) is 42.0 Å². The molecule has 1 fully saturated rings. The standard InChI is InChI=1S/C27H30N4O/c1-2-30-14-5-7-22(18-30)19-9-11-20(12-10-19)23-16-25(26(28)29-17-23)31-15-13-21-6-3-4-8-24(21)27(31)32/h3-4,6,8-12,16-17,22H,2,5,7,13-15,18H2,1H3,(H2,28,29). The summed E-state index contributed by atoms with van der Waals surface area (Å²) in [6.07, 6.45) is 5.13. The first-order valence-corrected chi connectivity index (χ1v) is 11.6. The highest BCUT2D eigenvalue weighted by Crippen LogP contribution is 2.33. The van der Waals surface area contributed by atoms with Crippen molar-refractivity contribution in [3.8, 4) is 11.1 Å². The lowest BCUT2D eigenvalue weighted by molar-refractivity contribution is 0.0980. The third-order valence-corrected chi connectivity index (χ3v) is 6.95. The van der Waals surface area contributed by atoms with Gasteiger partial charge in [0, 0.05) is 30.4 Å². The van der Waals surface area contributed by atoms with Crippen molar-refractivity contribution in [1.82, 2.24) is 9.88 Å². The molecule has 5 nitrogen and oxygen atoms in total. The topological polar surface area (TPSA) is 62.5 Å². The van der Waals surface area contributed by atoms with E-state index in [1.165, 1.54) is 24.9 Å². The van der Waals surface area contributed by atoms with Crippen LogP contribution < -0.4 is 10.6 Å². The van der Waals surface area contributed by atoms with Crippen molar-refractivity contribution in [3.05, 3.63) is 77.5 Å². The number of hydrogen-bond acceptors (Lipinski definition) is 4. The Hall–Kier alpha value is -3.18. The normalized spacial score (nSPS) is 19.1. The van der Waals surface area contributed by atoms with Gasteiger partial charge >= 0.3 is 0 Å². The number of likely N-dealkylation sites (N-methyl/N-ethyl adjacent to an activating group) is 1. The summed E-state index contributed by atoms with van der Waals surface area (Å²) in [6, 6.07) is 18.6. The van der Waals surface area contributed by atoms with Gasteiger partial charge in [0.2, 0.25) is 0 Å². The summed E-state index contributed by atoms with van der Waals surface area (Å²) in [6.45, 7) is 6.32. The van der Waals surface area contributed by atoms with E-state index >= 15 is 0 Å². The summed E-state index contributed by atoms with van der Waals surface area (Å²) >= 11 is 0. The molecule has 3 aromatic rings. The van der Waals surface area contributed by atoms with Crippen molar-refractivity contribution in [3.63, 3.8) is 0 Å². The van der Waals surface area contributed by atoms with Crippen molar-refractivity contribution in [2.24, 2.45) is 0 Å². The minimum Gasteiger partial charge on any atom is -0.382 e. The van der Waals surface area contributed by atoms with E-state index in [1.54, 1.807) is 11.1 Å².